The van der Waals surface area contributed by atoms with Crippen molar-refractivity contribution < 1.29 is 18.0 Å². The van der Waals surface area contributed by atoms with E-state index >= 15 is 0 Å². The van der Waals surface area contributed by atoms with E-state index in [4.69, 9.17) is 0 Å². The van der Waals surface area contributed by atoms with E-state index < -0.39 is 11.9 Å². The fourth-order valence-electron chi connectivity index (χ4n) is 0.854. The molecule has 0 N–H and O–H groups in total. The Morgan fingerprint density at radius 2 is 2.19 bits per heavy atom. The van der Waals surface area contributed by atoms with Gasteiger partial charge in [0.05, 0.1) is 0 Å². The maximum atomic E-state index is 12.3. The molecule has 1 aromatic heterocycles. The number of carbonyl (C=O) groups excluding carboxylic acids is 1. The maximum absolute atomic E-state index is 12.3. The Morgan fingerprint density at radius 3 is 2.75 bits per heavy atom. The summed E-state index contributed by atoms with van der Waals surface area (Å²) in [7, 11) is 0. The monoisotopic (exact) mass is 250 g/mol. The number of hydrogen-bond donors (Lipinski definition) is 0. The van der Waals surface area contributed by atoms with Gasteiger partial charge in [-0.05, 0) is 13.0 Å². The smallest absolute Gasteiger partial charge is 0.300 e. The molecule has 0 saturated heterocycles. The summed E-state index contributed by atoms with van der Waals surface area (Å²) in [6.07, 6.45) is -3.10. The van der Waals surface area contributed by atoms with E-state index in [1.807, 2.05) is 0 Å². The average molecular weight is 250 g/mol. The van der Waals surface area contributed by atoms with E-state index in [-0.39, 0.29) is 10.9 Å². The van der Waals surface area contributed by atoms with Crippen LogP contribution in [0.15, 0.2) is 17.4 Å². The zero-order valence-corrected chi connectivity index (χ0v) is 9.23. The molecule has 3 nitrogen and oxygen atoms in total. The molecule has 0 aromatic carbocycles. The quantitative estimate of drug-likeness (QED) is 0.608. The molecule has 0 atom stereocenters. The zero-order valence-electron chi connectivity index (χ0n) is 8.41. The highest BCUT2D eigenvalue weighted by Crippen LogP contribution is 2.28. The number of carbonyl (C=O) groups is 1. The normalized spacial score (nSPS) is 11.5. The minimum atomic E-state index is -4.46. The van der Waals surface area contributed by atoms with Crippen molar-refractivity contribution in [3.05, 3.63) is 18.0 Å². The van der Waals surface area contributed by atoms with E-state index in [1.54, 1.807) is 0 Å². The lowest BCUT2D eigenvalue weighted by Gasteiger charge is -2.06. The molecule has 1 heterocycles. The summed E-state index contributed by atoms with van der Waals surface area (Å²) in [5, 5.41) is 0.0380. The highest BCUT2D eigenvalue weighted by molar-refractivity contribution is 7.99. The molecule has 0 fully saturated rings. The van der Waals surface area contributed by atoms with Crippen molar-refractivity contribution in [3.8, 4) is 0 Å². The summed E-state index contributed by atoms with van der Waals surface area (Å²) in [6, 6.07) is 0.815. The first-order chi connectivity index (χ1) is 7.39. The molecule has 1 aromatic rings. The molecule has 0 spiro atoms. The van der Waals surface area contributed by atoms with Gasteiger partial charge in [-0.2, -0.15) is 13.2 Å². The molecule has 0 unspecified atom stereocenters. The Morgan fingerprint density at radius 1 is 1.50 bits per heavy atom. The van der Waals surface area contributed by atoms with Gasteiger partial charge in [0.1, 0.15) is 11.5 Å². The lowest BCUT2D eigenvalue weighted by atomic mass is 10.4. The Labute approximate surface area is 94.5 Å². The van der Waals surface area contributed by atoms with E-state index in [0.717, 1.165) is 24.0 Å². The van der Waals surface area contributed by atoms with Gasteiger partial charge in [-0.15, -0.1) is 0 Å². The topological polar surface area (TPSA) is 42.9 Å². The van der Waals surface area contributed by atoms with Crippen molar-refractivity contribution in [2.75, 3.05) is 5.75 Å². The van der Waals surface area contributed by atoms with Crippen LogP contribution in [0.5, 0.6) is 0 Å². The Hall–Kier alpha value is -1.11. The first-order valence-corrected chi connectivity index (χ1v) is 5.40. The van der Waals surface area contributed by atoms with Crippen molar-refractivity contribution in [1.82, 2.24) is 9.97 Å². The second-order valence-corrected chi connectivity index (χ2v) is 4.08. The summed E-state index contributed by atoms with van der Waals surface area (Å²) >= 11 is 1.04. The van der Waals surface area contributed by atoms with Gasteiger partial charge in [-0.1, -0.05) is 11.8 Å². The maximum Gasteiger partial charge on any atom is 0.433 e. The molecule has 0 amide bonds. The van der Waals surface area contributed by atoms with Crippen LogP contribution in [0.3, 0.4) is 0 Å². The average Bonchev–Trinajstić information content (AvgIpc) is 2.16. The van der Waals surface area contributed by atoms with Crippen LogP contribution in [0.4, 0.5) is 13.2 Å². The molecule has 0 radical (unpaired) electrons. The Bertz CT molecular complexity index is 381. The molecule has 16 heavy (non-hydrogen) atoms. The van der Waals surface area contributed by atoms with Crippen molar-refractivity contribution in [3.63, 3.8) is 0 Å². The first-order valence-electron chi connectivity index (χ1n) is 4.42. The molecule has 0 bridgehead atoms. The van der Waals surface area contributed by atoms with Crippen molar-refractivity contribution >= 4 is 17.5 Å². The summed E-state index contributed by atoms with van der Waals surface area (Å²) < 4.78 is 36.8. The molecule has 7 heteroatoms. The molecule has 0 aliphatic heterocycles. The minimum Gasteiger partial charge on any atom is -0.300 e. The molecule has 0 aliphatic rings. The van der Waals surface area contributed by atoms with Crippen LogP contribution in [0.25, 0.3) is 0 Å². The van der Waals surface area contributed by atoms with Crippen molar-refractivity contribution in [1.29, 1.82) is 0 Å². The number of halogens is 3. The van der Waals surface area contributed by atoms with Crippen molar-refractivity contribution in [2.24, 2.45) is 0 Å². The molecule has 0 aliphatic carbocycles. The van der Waals surface area contributed by atoms with Gasteiger partial charge >= 0.3 is 6.18 Å². The van der Waals surface area contributed by atoms with E-state index in [9.17, 15) is 18.0 Å². The van der Waals surface area contributed by atoms with E-state index in [0.29, 0.717) is 12.2 Å². The number of thioether (sulfide) groups is 1. The third kappa shape index (κ3) is 4.18. The lowest BCUT2D eigenvalue weighted by Crippen LogP contribution is -2.08. The predicted octanol–water partition coefficient (Wildman–Crippen LogP) is 2.57. The van der Waals surface area contributed by atoms with Crippen LogP contribution >= 0.6 is 11.8 Å². The van der Waals surface area contributed by atoms with Crippen LogP contribution in [-0.4, -0.2) is 21.5 Å². The number of ketones is 1. The van der Waals surface area contributed by atoms with Crippen LogP contribution in [-0.2, 0) is 11.0 Å². The zero-order chi connectivity index (χ0) is 12.2. The van der Waals surface area contributed by atoms with Gasteiger partial charge in [0.15, 0.2) is 5.16 Å². The summed E-state index contributed by atoms with van der Waals surface area (Å²) in [4.78, 5) is 17.7. The molecular weight excluding hydrogens is 241 g/mol. The van der Waals surface area contributed by atoms with Gasteiger partial charge in [-0.25, -0.2) is 9.97 Å². The van der Waals surface area contributed by atoms with Gasteiger partial charge in [0.25, 0.3) is 0 Å². The molecule has 1 rings (SSSR count). The lowest BCUT2D eigenvalue weighted by molar-refractivity contribution is -0.141. The SMILES string of the molecule is CC(=O)CCSc1nccc(C(F)(F)F)n1. The van der Waals surface area contributed by atoms with Gasteiger partial charge in [0, 0.05) is 18.4 Å². The number of Topliss-reactive ketones (excluding diaryl/α,β-unsaturated/α-hetero) is 1. The van der Waals surface area contributed by atoms with Crippen LogP contribution in [0.1, 0.15) is 19.0 Å². The first kappa shape index (κ1) is 13.0. The third-order valence-electron chi connectivity index (χ3n) is 1.61. The van der Waals surface area contributed by atoms with Crippen LogP contribution in [0.2, 0.25) is 0 Å². The fourth-order valence-corrected chi connectivity index (χ4v) is 1.72. The van der Waals surface area contributed by atoms with Gasteiger partial charge in [-0.3, -0.25) is 4.79 Å². The second kappa shape index (κ2) is 5.29. The van der Waals surface area contributed by atoms with E-state index in [1.165, 1.54) is 6.92 Å². The predicted molar refractivity (Wildman–Crippen MR) is 53.1 cm³/mol. The number of aromatic nitrogens is 2. The van der Waals surface area contributed by atoms with Crippen molar-refractivity contribution in [2.45, 2.75) is 24.7 Å². The third-order valence-corrected chi connectivity index (χ3v) is 2.47. The second-order valence-electron chi connectivity index (χ2n) is 3.02. The highest BCUT2D eigenvalue weighted by atomic mass is 32.2. The highest BCUT2D eigenvalue weighted by Gasteiger charge is 2.32. The number of rotatable bonds is 4. The van der Waals surface area contributed by atoms with Gasteiger partial charge < -0.3 is 0 Å². The number of nitrogens with zero attached hydrogens (tertiary/aromatic N) is 2. The summed E-state index contributed by atoms with van der Waals surface area (Å²) in [5.74, 6) is 0.371. The number of hydrogen-bond acceptors (Lipinski definition) is 4. The fraction of sp³-hybridized carbons (Fsp3) is 0.444. The summed E-state index contributed by atoms with van der Waals surface area (Å²) in [5.41, 5.74) is -0.965. The Kier molecular flexibility index (Phi) is 4.28. The number of alkyl halides is 3. The van der Waals surface area contributed by atoms with Gasteiger partial charge in [0.2, 0.25) is 0 Å². The standard InChI is InChI=1S/C9H9F3N2OS/c1-6(15)3-5-16-8-13-4-2-7(14-8)9(10,11)12/h2,4H,3,5H2,1H3. The summed E-state index contributed by atoms with van der Waals surface area (Å²) in [6.45, 7) is 1.42. The Balaban J connectivity index is 2.64. The molecule has 88 valence electrons. The minimum absolute atomic E-state index is 0.0144. The molecular formula is C9H9F3N2OS. The van der Waals surface area contributed by atoms with Crippen LogP contribution in [0, 0.1) is 0 Å². The van der Waals surface area contributed by atoms with E-state index in [2.05, 4.69) is 9.97 Å². The van der Waals surface area contributed by atoms with Crippen LogP contribution < -0.4 is 0 Å². The molecule has 0 saturated carbocycles. The largest absolute Gasteiger partial charge is 0.433 e.